The minimum atomic E-state index is -0.386. The fraction of sp³-hybridized carbons (Fsp3) is 0.318. The summed E-state index contributed by atoms with van der Waals surface area (Å²) >= 11 is 0. The third-order valence-corrected chi connectivity index (χ3v) is 4.59. The van der Waals surface area contributed by atoms with Gasteiger partial charge in [0.25, 0.3) is 0 Å². The Labute approximate surface area is 163 Å². The molecule has 28 heavy (non-hydrogen) atoms. The third-order valence-electron chi connectivity index (χ3n) is 4.59. The van der Waals surface area contributed by atoms with E-state index in [9.17, 15) is 14.4 Å². The van der Waals surface area contributed by atoms with Crippen LogP contribution in [0.1, 0.15) is 25.0 Å². The van der Waals surface area contributed by atoms with Gasteiger partial charge >= 0.3 is 17.9 Å². The van der Waals surface area contributed by atoms with E-state index < -0.39 is 0 Å². The Morgan fingerprint density at radius 1 is 0.929 bits per heavy atom. The van der Waals surface area contributed by atoms with Gasteiger partial charge in [-0.05, 0) is 48.2 Å². The van der Waals surface area contributed by atoms with E-state index in [0.717, 1.165) is 11.1 Å². The van der Waals surface area contributed by atoms with Crippen molar-refractivity contribution in [2.24, 2.45) is 11.8 Å². The maximum Gasteiger partial charge on any atom is 0.309 e. The molecule has 146 valence electrons. The van der Waals surface area contributed by atoms with Gasteiger partial charge in [-0.25, -0.2) is 0 Å². The highest BCUT2D eigenvalue weighted by molar-refractivity contribution is 5.75. The van der Waals surface area contributed by atoms with Gasteiger partial charge < -0.3 is 14.2 Å². The van der Waals surface area contributed by atoms with Crippen LogP contribution >= 0.6 is 0 Å². The zero-order valence-corrected chi connectivity index (χ0v) is 15.8. The Kier molecular flexibility index (Phi) is 6.09. The van der Waals surface area contributed by atoms with E-state index in [1.807, 2.05) is 24.3 Å². The molecule has 2 aromatic carbocycles. The molecular formula is C22H22O6. The van der Waals surface area contributed by atoms with Crippen molar-refractivity contribution in [1.29, 1.82) is 0 Å². The number of hydrogen-bond acceptors (Lipinski definition) is 6. The summed E-state index contributed by atoms with van der Waals surface area (Å²) in [5.74, 6) is -0.311. The van der Waals surface area contributed by atoms with Crippen molar-refractivity contribution >= 4 is 17.9 Å². The van der Waals surface area contributed by atoms with Crippen molar-refractivity contribution in [2.75, 3.05) is 6.61 Å². The van der Waals surface area contributed by atoms with Crippen LogP contribution in [0.2, 0.25) is 0 Å². The maximum atomic E-state index is 12.3. The minimum absolute atomic E-state index is 0.0115. The molecule has 1 heterocycles. The molecule has 2 atom stereocenters. The molecule has 0 amide bonds. The zero-order chi connectivity index (χ0) is 20.1. The summed E-state index contributed by atoms with van der Waals surface area (Å²) in [4.78, 5) is 34.6. The van der Waals surface area contributed by atoms with Crippen molar-refractivity contribution in [3.05, 3.63) is 59.7 Å². The van der Waals surface area contributed by atoms with Crippen molar-refractivity contribution in [3.63, 3.8) is 0 Å². The van der Waals surface area contributed by atoms with Crippen molar-refractivity contribution in [3.8, 4) is 11.5 Å². The van der Waals surface area contributed by atoms with Crippen LogP contribution in [-0.2, 0) is 32.0 Å². The zero-order valence-electron chi connectivity index (χ0n) is 15.8. The Hall–Kier alpha value is -3.15. The lowest BCUT2D eigenvalue weighted by Crippen LogP contribution is -2.20. The molecule has 1 saturated heterocycles. The number of cyclic esters (lactones) is 1. The molecule has 0 unspecified atom stereocenters. The standard InChI is InChI=1S/C22H22O6/c1-14(23)27-19-7-3-5-16(10-19)9-18-13-26-22(25)21(18)12-17-6-4-8-20(11-17)28-15(2)24/h3-8,10-11,18,21H,9,12-13H2,1-2H3/t18-,21+/m1/s1. The average molecular weight is 382 g/mol. The number of hydrogen-bond donors (Lipinski definition) is 0. The number of carbonyl (C=O) groups is 3. The SMILES string of the molecule is CC(=O)Oc1cccc(C[C@@H]2COC(=O)[C@H]2Cc2cccc(OC(C)=O)c2)c1. The van der Waals surface area contributed by atoms with E-state index in [1.54, 1.807) is 24.3 Å². The monoisotopic (exact) mass is 382 g/mol. The predicted octanol–water partition coefficient (Wildman–Crippen LogP) is 3.11. The van der Waals surface area contributed by atoms with Crippen molar-refractivity contribution in [1.82, 2.24) is 0 Å². The molecular weight excluding hydrogens is 360 g/mol. The van der Waals surface area contributed by atoms with E-state index in [1.165, 1.54) is 13.8 Å². The first kappa shape index (κ1) is 19.6. The second kappa shape index (κ2) is 8.69. The van der Waals surface area contributed by atoms with Crippen LogP contribution in [0.5, 0.6) is 11.5 Å². The number of esters is 3. The molecule has 6 nitrogen and oxygen atoms in total. The van der Waals surface area contributed by atoms with E-state index >= 15 is 0 Å². The molecule has 0 spiro atoms. The smallest absolute Gasteiger partial charge is 0.309 e. The van der Waals surface area contributed by atoms with Gasteiger partial charge in [0.15, 0.2) is 0 Å². The van der Waals surface area contributed by atoms with Gasteiger partial charge in [0.2, 0.25) is 0 Å². The van der Waals surface area contributed by atoms with E-state index in [-0.39, 0.29) is 29.7 Å². The number of carbonyl (C=O) groups excluding carboxylic acids is 3. The molecule has 1 fully saturated rings. The van der Waals surface area contributed by atoms with Crippen LogP contribution in [0.4, 0.5) is 0 Å². The Bertz CT molecular complexity index is 888. The second-order valence-corrected chi connectivity index (χ2v) is 6.89. The average Bonchev–Trinajstić information content (AvgIpc) is 2.94. The lowest BCUT2D eigenvalue weighted by molar-refractivity contribution is -0.141. The largest absolute Gasteiger partial charge is 0.465 e. The van der Waals surface area contributed by atoms with Crippen molar-refractivity contribution < 1.29 is 28.6 Å². The fourth-order valence-electron chi connectivity index (χ4n) is 3.42. The molecule has 0 aromatic heterocycles. The normalized spacial score (nSPS) is 18.4. The molecule has 1 aliphatic rings. The third kappa shape index (κ3) is 5.19. The first-order valence-corrected chi connectivity index (χ1v) is 9.12. The van der Waals surface area contributed by atoms with Gasteiger partial charge in [0.1, 0.15) is 11.5 Å². The van der Waals surface area contributed by atoms with Crippen LogP contribution in [0.3, 0.4) is 0 Å². The topological polar surface area (TPSA) is 78.9 Å². The predicted molar refractivity (Wildman–Crippen MR) is 101 cm³/mol. The van der Waals surface area contributed by atoms with Gasteiger partial charge in [-0.3, -0.25) is 14.4 Å². The quantitative estimate of drug-likeness (QED) is 0.564. The van der Waals surface area contributed by atoms with Crippen LogP contribution < -0.4 is 9.47 Å². The summed E-state index contributed by atoms with van der Waals surface area (Å²) in [5.41, 5.74) is 1.88. The maximum absolute atomic E-state index is 12.3. The van der Waals surface area contributed by atoms with Gasteiger partial charge in [0.05, 0.1) is 12.5 Å². The number of rotatable bonds is 6. The Balaban J connectivity index is 1.71. The number of benzene rings is 2. The second-order valence-electron chi connectivity index (χ2n) is 6.89. The summed E-state index contributed by atoms with van der Waals surface area (Å²) in [7, 11) is 0. The van der Waals surface area contributed by atoms with Crippen LogP contribution in [0.15, 0.2) is 48.5 Å². The van der Waals surface area contributed by atoms with Crippen LogP contribution in [0, 0.1) is 11.8 Å². The minimum Gasteiger partial charge on any atom is -0.465 e. The Morgan fingerprint density at radius 2 is 1.46 bits per heavy atom. The molecule has 2 aromatic rings. The van der Waals surface area contributed by atoms with E-state index in [4.69, 9.17) is 14.2 Å². The number of ether oxygens (including phenoxy) is 3. The molecule has 0 bridgehead atoms. The molecule has 3 rings (SSSR count). The van der Waals surface area contributed by atoms with Crippen molar-refractivity contribution in [2.45, 2.75) is 26.7 Å². The first-order valence-electron chi connectivity index (χ1n) is 9.12. The molecule has 0 radical (unpaired) electrons. The van der Waals surface area contributed by atoms with Gasteiger partial charge in [-0.2, -0.15) is 0 Å². The highest BCUT2D eigenvalue weighted by atomic mass is 16.5. The lowest BCUT2D eigenvalue weighted by atomic mass is 9.85. The molecule has 0 N–H and O–H groups in total. The van der Waals surface area contributed by atoms with Crippen LogP contribution in [-0.4, -0.2) is 24.5 Å². The molecule has 1 aliphatic heterocycles. The summed E-state index contributed by atoms with van der Waals surface area (Å²) in [6.45, 7) is 3.06. The van der Waals surface area contributed by atoms with E-state index in [0.29, 0.717) is 30.9 Å². The highest BCUT2D eigenvalue weighted by Crippen LogP contribution is 2.30. The lowest BCUT2D eigenvalue weighted by Gasteiger charge is -2.16. The fourth-order valence-corrected chi connectivity index (χ4v) is 3.42. The molecule has 0 saturated carbocycles. The van der Waals surface area contributed by atoms with Gasteiger partial charge in [-0.15, -0.1) is 0 Å². The molecule has 6 heteroatoms. The summed E-state index contributed by atoms with van der Waals surface area (Å²) < 4.78 is 15.5. The van der Waals surface area contributed by atoms with Gasteiger partial charge in [0, 0.05) is 19.8 Å². The Morgan fingerprint density at radius 3 is 2.00 bits per heavy atom. The first-order chi connectivity index (χ1) is 13.4. The summed E-state index contributed by atoms with van der Waals surface area (Å²) in [6.07, 6.45) is 1.14. The van der Waals surface area contributed by atoms with Crippen LogP contribution in [0.25, 0.3) is 0 Å². The highest BCUT2D eigenvalue weighted by Gasteiger charge is 2.36. The van der Waals surface area contributed by atoms with E-state index in [2.05, 4.69) is 0 Å². The van der Waals surface area contributed by atoms with Gasteiger partial charge in [-0.1, -0.05) is 24.3 Å². The summed E-state index contributed by atoms with van der Waals surface area (Å²) in [5, 5.41) is 0. The molecule has 0 aliphatic carbocycles. The summed E-state index contributed by atoms with van der Waals surface area (Å²) in [6, 6.07) is 14.5.